The number of thiazole rings is 1. The molecule has 10 nitrogen and oxygen atoms in total. The molecule has 220 valence electrons. The van der Waals surface area contributed by atoms with Gasteiger partial charge >= 0.3 is 4.87 Å². The molecule has 1 aromatic heterocycles. The molecule has 0 unspecified atom stereocenters. The van der Waals surface area contributed by atoms with Crippen LogP contribution in [0.2, 0.25) is 0 Å². The number of carbonyl (C=O) groups excluding carboxylic acids is 3. The number of anilines is 2. The number of carbonyl (C=O) groups is 3. The Hall–Kier alpha value is -4.55. The van der Waals surface area contributed by atoms with E-state index in [0.29, 0.717) is 50.7 Å². The van der Waals surface area contributed by atoms with Crippen LogP contribution in [0.15, 0.2) is 82.6 Å². The van der Waals surface area contributed by atoms with Crippen LogP contribution in [0.5, 0.6) is 17.2 Å². The highest BCUT2D eigenvalue weighted by molar-refractivity contribution is 8.00. The summed E-state index contributed by atoms with van der Waals surface area (Å²) >= 11 is 2.26. The van der Waals surface area contributed by atoms with Crippen LogP contribution >= 0.6 is 23.1 Å². The van der Waals surface area contributed by atoms with Crippen LogP contribution < -0.4 is 29.3 Å². The number of fused-ring (bicyclic) bond motifs is 2. The van der Waals surface area contributed by atoms with Gasteiger partial charge in [0, 0.05) is 16.5 Å². The topological polar surface area (TPSA) is 127 Å². The third kappa shape index (κ3) is 5.51. The van der Waals surface area contributed by atoms with E-state index in [1.54, 1.807) is 73.8 Å². The van der Waals surface area contributed by atoms with Crippen molar-refractivity contribution in [2.45, 2.75) is 23.1 Å². The quantitative estimate of drug-likeness (QED) is 0.260. The molecule has 3 amide bonds. The fourth-order valence-corrected chi connectivity index (χ4v) is 7.84. The molecule has 2 aliphatic rings. The number of rotatable bonds is 9. The number of hydrogen-bond acceptors (Lipinski definition) is 9. The van der Waals surface area contributed by atoms with Crippen molar-refractivity contribution in [3.8, 4) is 17.2 Å². The van der Waals surface area contributed by atoms with Gasteiger partial charge in [0.05, 0.1) is 30.3 Å². The molecule has 4 aromatic rings. The van der Waals surface area contributed by atoms with E-state index in [-0.39, 0.29) is 29.2 Å². The smallest absolute Gasteiger partial charge is 0.305 e. The van der Waals surface area contributed by atoms with Gasteiger partial charge in [0.2, 0.25) is 11.8 Å². The van der Waals surface area contributed by atoms with Crippen molar-refractivity contribution in [1.29, 1.82) is 0 Å². The van der Waals surface area contributed by atoms with E-state index in [9.17, 15) is 19.2 Å². The van der Waals surface area contributed by atoms with Gasteiger partial charge in [-0.25, -0.2) is 4.90 Å². The van der Waals surface area contributed by atoms with Gasteiger partial charge in [-0.3, -0.25) is 19.2 Å². The lowest BCUT2D eigenvalue weighted by molar-refractivity contribution is -0.122. The summed E-state index contributed by atoms with van der Waals surface area (Å²) in [6.45, 7) is 1.89. The number of ether oxygens (including phenoxy) is 3. The Labute approximate surface area is 255 Å². The summed E-state index contributed by atoms with van der Waals surface area (Å²) < 4.78 is 16.9. The number of nitrogens with one attached hydrogen (secondary N) is 2. The van der Waals surface area contributed by atoms with Gasteiger partial charge in [-0.15, -0.1) is 0 Å². The normalized spacial score (nSPS) is 19.0. The Morgan fingerprint density at radius 1 is 0.953 bits per heavy atom. The van der Waals surface area contributed by atoms with E-state index in [2.05, 4.69) is 10.3 Å². The number of para-hydroxylation sites is 1. The third-order valence-electron chi connectivity index (χ3n) is 7.20. The van der Waals surface area contributed by atoms with E-state index in [4.69, 9.17) is 14.2 Å². The van der Waals surface area contributed by atoms with Crippen LogP contribution in [0.4, 0.5) is 11.4 Å². The van der Waals surface area contributed by atoms with E-state index in [1.807, 2.05) is 13.0 Å². The van der Waals surface area contributed by atoms with E-state index < -0.39 is 17.1 Å². The molecule has 2 aliphatic heterocycles. The highest BCUT2D eigenvalue weighted by atomic mass is 32.2. The summed E-state index contributed by atoms with van der Waals surface area (Å²) in [7, 11) is 1.57. The van der Waals surface area contributed by atoms with Crippen molar-refractivity contribution in [3.63, 3.8) is 0 Å². The Morgan fingerprint density at radius 2 is 1.72 bits per heavy atom. The van der Waals surface area contributed by atoms with Crippen molar-refractivity contribution >= 4 is 52.2 Å². The summed E-state index contributed by atoms with van der Waals surface area (Å²) in [4.78, 5) is 57.0. The minimum atomic E-state index is -0.729. The van der Waals surface area contributed by atoms with Gasteiger partial charge in [0.15, 0.2) is 18.1 Å². The van der Waals surface area contributed by atoms with Gasteiger partial charge in [0.1, 0.15) is 11.0 Å². The zero-order chi connectivity index (χ0) is 30.1. The zero-order valence-electron chi connectivity index (χ0n) is 23.2. The van der Waals surface area contributed by atoms with Gasteiger partial charge in [-0.1, -0.05) is 47.4 Å². The molecule has 1 saturated heterocycles. The number of methoxy groups -OCH3 is 1. The maximum atomic E-state index is 13.9. The van der Waals surface area contributed by atoms with Crippen LogP contribution in [0.25, 0.3) is 0 Å². The molecule has 1 fully saturated rings. The Bertz CT molecular complexity index is 1740. The molecule has 3 atom stereocenters. The first kappa shape index (κ1) is 28.6. The fraction of sp³-hybridized carbons (Fsp3) is 0.226. The minimum absolute atomic E-state index is 0.254. The van der Waals surface area contributed by atoms with Crippen LogP contribution in [-0.4, -0.2) is 48.3 Å². The Balaban J connectivity index is 1.29. The molecular formula is C31H27N3O7S2. The number of hydrogen-bond donors (Lipinski definition) is 2. The summed E-state index contributed by atoms with van der Waals surface area (Å²) in [5.41, 5.74) is 1.80. The van der Waals surface area contributed by atoms with Crippen molar-refractivity contribution in [1.82, 2.24) is 4.98 Å². The average molecular weight is 618 g/mol. The molecular weight excluding hydrogens is 590 g/mol. The maximum absolute atomic E-state index is 13.9. The number of aromatic amines is 1. The SMILES string of the molecule is CCOc1cc([C@@H]2c3sc(=O)[nH]c3S[C@H]3C(=O)N(c4ccccc4)C(=O)[C@@H]23)ccc1OCC(=O)Nc1ccc(OC)cc1. The zero-order valence-corrected chi connectivity index (χ0v) is 24.8. The number of benzene rings is 3. The lowest BCUT2D eigenvalue weighted by Gasteiger charge is -2.30. The first-order valence-corrected chi connectivity index (χ1v) is 15.2. The number of H-pyrrole nitrogens is 1. The second-order valence-electron chi connectivity index (χ2n) is 9.80. The van der Waals surface area contributed by atoms with Crippen molar-refractivity contribution in [2.75, 3.05) is 30.5 Å². The van der Waals surface area contributed by atoms with Crippen LogP contribution in [-0.2, 0) is 14.4 Å². The number of thioether (sulfide) groups is 1. The van der Waals surface area contributed by atoms with Crippen LogP contribution in [0, 0.1) is 5.92 Å². The average Bonchev–Trinajstić information content (AvgIpc) is 3.51. The van der Waals surface area contributed by atoms with E-state index >= 15 is 0 Å². The van der Waals surface area contributed by atoms with Gasteiger partial charge in [-0.05, 0) is 61.0 Å². The first-order valence-electron chi connectivity index (χ1n) is 13.5. The monoisotopic (exact) mass is 617 g/mol. The largest absolute Gasteiger partial charge is 0.497 e. The standard InChI is InChI=1S/C31H27N3O7S2/c1-3-40-22-15-17(9-14-21(22)41-16-23(35)32-18-10-12-20(39-2)13-11-18)24-25-27(42-28-26(24)43-31(38)33-28)30(37)34(29(25)36)19-7-5-4-6-8-19/h4-15,24-25,27H,3,16H2,1-2H3,(H,32,35)(H,33,38)/t24-,25-,27+/m0/s1. The summed E-state index contributed by atoms with van der Waals surface area (Å²) in [6, 6.07) is 21.0. The number of imide groups is 1. The molecule has 12 heteroatoms. The molecule has 6 rings (SSSR count). The van der Waals surface area contributed by atoms with E-state index in [0.717, 1.165) is 11.3 Å². The molecule has 0 aliphatic carbocycles. The van der Waals surface area contributed by atoms with Gasteiger partial charge in [-0.2, -0.15) is 0 Å². The third-order valence-corrected chi connectivity index (χ3v) is 9.60. The second kappa shape index (κ2) is 12.0. The molecule has 43 heavy (non-hydrogen) atoms. The Morgan fingerprint density at radius 3 is 2.44 bits per heavy atom. The maximum Gasteiger partial charge on any atom is 0.305 e. The number of nitrogens with zero attached hydrogens (tertiary/aromatic N) is 1. The van der Waals surface area contributed by atoms with Crippen molar-refractivity contribution < 1.29 is 28.6 Å². The molecule has 0 saturated carbocycles. The molecule has 0 bridgehead atoms. The summed E-state index contributed by atoms with van der Waals surface area (Å²) in [5, 5.41) is 2.66. The number of aromatic nitrogens is 1. The molecule has 0 radical (unpaired) electrons. The summed E-state index contributed by atoms with van der Waals surface area (Å²) in [6.07, 6.45) is 0. The predicted octanol–water partition coefficient (Wildman–Crippen LogP) is 4.66. The highest BCUT2D eigenvalue weighted by Crippen LogP contribution is 2.53. The minimum Gasteiger partial charge on any atom is -0.497 e. The number of amides is 3. The molecule has 0 spiro atoms. The molecule has 3 aromatic carbocycles. The van der Waals surface area contributed by atoms with Crippen molar-refractivity contribution in [3.05, 3.63) is 92.9 Å². The van der Waals surface area contributed by atoms with Crippen LogP contribution in [0.3, 0.4) is 0 Å². The first-order chi connectivity index (χ1) is 20.9. The second-order valence-corrected chi connectivity index (χ2v) is 12.0. The molecule has 2 N–H and O–H groups in total. The fourth-order valence-electron chi connectivity index (χ4n) is 5.33. The van der Waals surface area contributed by atoms with Gasteiger partial charge < -0.3 is 24.5 Å². The lowest BCUT2D eigenvalue weighted by Crippen LogP contribution is -2.32. The molecule has 3 heterocycles. The highest BCUT2D eigenvalue weighted by Gasteiger charge is 2.56. The van der Waals surface area contributed by atoms with Crippen molar-refractivity contribution in [2.24, 2.45) is 5.92 Å². The van der Waals surface area contributed by atoms with Gasteiger partial charge in [0.25, 0.3) is 5.91 Å². The summed E-state index contributed by atoms with van der Waals surface area (Å²) in [5.74, 6) is -0.890. The van der Waals surface area contributed by atoms with E-state index in [1.165, 1.54) is 16.7 Å². The Kier molecular flexibility index (Phi) is 7.96. The van der Waals surface area contributed by atoms with Crippen LogP contribution in [0.1, 0.15) is 23.3 Å². The lowest BCUT2D eigenvalue weighted by atomic mass is 9.83. The predicted molar refractivity (Wildman–Crippen MR) is 164 cm³/mol.